The Morgan fingerprint density at radius 1 is 1.67 bits per heavy atom. The van der Waals surface area contributed by atoms with Gasteiger partial charge in [-0.1, -0.05) is 13.8 Å². The molecule has 0 bridgehead atoms. The number of carboxylic acids is 1. The second-order valence-corrected chi connectivity index (χ2v) is 4.55. The molecule has 0 amide bonds. The number of anilines is 1. The molecule has 1 rings (SSSR count). The summed E-state index contributed by atoms with van der Waals surface area (Å²) in [6, 6.07) is 1.54. The molecule has 0 spiro atoms. The minimum absolute atomic E-state index is 0.185. The molecule has 0 aliphatic rings. The molecule has 82 valence electrons. The molecule has 0 saturated heterocycles. The number of hydrogen-bond acceptors (Lipinski definition) is 3. The van der Waals surface area contributed by atoms with Crippen molar-refractivity contribution in [1.29, 1.82) is 0 Å². The summed E-state index contributed by atoms with van der Waals surface area (Å²) in [5, 5.41) is 12.0. The molecule has 0 atom stereocenters. The fourth-order valence-electron chi connectivity index (χ4n) is 1.04. The monoisotopic (exact) mass is 272 g/mol. The van der Waals surface area contributed by atoms with E-state index in [2.05, 4.69) is 26.2 Å². The third kappa shape index (κ3) is 3.51. The Morgan fingerprint density at radius 3 is 2.87 bits per heavy atom. The van der Waals surface area contributed by atoms with Gasteiger partial charge < -0.3 is 10.4 Å². The maximum absolute atomic E-state index is 10.9. The van der Waals surface area contributed by atoms with Gasteiger partial charge in [0, 0.05) is 17.2 Å². The maximum atomic E-state index is 10.9. The van der Waals surface area contributed by atoms with Crippen molar-refractivity contribution in [3.63, 3.8) is 0 Å². The summed E-state index contributed by atoms with van der Waals surface area (Å²) in [5.41, 5.74) is 0.185. The van der Waals surface area contributed by atoms with E-state index >= 15 is 0 Å². The van der Waals surface area contributed by atoms with E-state index in [1.807, 2.05) is 13.8 Å². The number of hydrogen-bond donors (Lipinski definition) is 2. The first-order chi connectivity index (χ1) is 7.00. The minimum atomic E-state index is -0.977. The zero-order valence-corrected chi connectivity index (χ0v) is 10.2. The average Bonchev–Trinajstić information content (AvgIpc) is 2.15. The second-order valence-electron chi connectivity index (χ2n) is 3.63. The van der Waals surface area contributed by atoms with Crippen molar-refractivity contribution < 1.29 is 9.90 Å². The van der Waals surface area contributed by atoms with Crippen molar-refractivity contribution in [2.24, 2.45) is 5.92 Å². The molecule has 1 aromatic heterocycles. The number of aromatic carboxylic acids is 1. The molecule has 0 unspecified atom stereocenters. The van der Waals surface area contributed by atoms with Gasteiger partial charge in [-0.2, -0.15) is 0 Å². The molecule has 1 heterocycles. The molecular weight excluding hydrogens is 260 g/mol. The number of nitrogens with one attached hydrogen (secondary N) is 1. The van der Waals surface area contributed by atoms with Gasteiger partial charge in [-0.15, -0.1) is 0 Å². The Labute approximate surface area is 96.8 Å². The van der Waals surface area contributed by atoms with Crippen LogP contribution in [0, 0.1) is 5.92 Å². The van der Waals surface area contributed by atoms with E-state index < -0.39 is 5.97 Å². The minimum Gasteiger partial charge on any atom is -0.478 e. The van der Waals surface area contributed by atoms with Gasteiger partial charge in [0.2, 0.25) is 0 Å². The van der Waals surface area contributed by atoms with Crippen LogP contribution in [0.15, 0.2) is 16.7 Å². The molecule has 4 nitrogen and oxygen atoms in total. The highest BCUT2D eigenvalue weighted by atomic mass is 79.9. The summed E-state index contributed by atoms with van der Waals surface area (Å²) >= 11 is 3.19. The summed E-state index contributed by atoms with van der Waals surface area (Å²) < 4.78 is 0.662. The van der Waals surface area contributed by atoms with Gasteiger partial charge in [0.05, 0.1) is 0 Å². The smallest absolute Gasteiger partial charge is 0.339 e. The number of aromatic nitrogens is 1. The quantitative estimate of drug-likeness (QED) is 0.885. The summed E-state index contributed by atoms with van der Waals surface area (Å²) in [5.74, 6) is -0.119. The molecule has 0 saturated carbocycles. The van der Waals surface area contributed by atoms with Crippen LogP contribution in [0.2, 0.25) is 0 Å². The Balaban J connectivity index is 2.91. The van der Waals surface area contributed by atoms with E-state index in [1.165, 1.54) is 6.07 Å². The van der Waals surface area contributed by atoms with E-state index in [0.29, 0.717) is 22.8 Å². The molecule has 5 heteroatoms. The molecule has 2 N–H and O–H groups in total. The highest BCUT2D eigenvalue weighted by Gasteiger charge is 2.11. The van der Waals surface area contributed by atoms with Crippen LogP contribution in [0.3, 0.4) is 0 Å². The second kappa shape index (κ2) is 5.11. The van der Waals surface area contributed by atoms with Gasteiger partial charge in [-0.25, -0.2) is 9.78 Å². The van der Waals surface area contributed by atoms with Gasteiger partial charge in [0.25, 0.3) is 0 Å². The SMILES string of the molecule is CC(C)CNc1ncc(Br)cc1C(=O)O. The van der Waals surface area contributed by atoms with Crippen molar-refractivity contribution in [2.45, 2.75) is 13.8 Å². The van der Waals surface area contributed by atoms with Crippen LogP contribution in [0.1, 0.15) is 24.2 Å². The van der Waals surface area contributed by atoms with Crippen LogP contribution in [-0.2, 0) is 0 Å². The molecule has 0 aromatic carbocycles. The summed E-state index contributed by atoms with van der Waals surface area (Å²) in [6.07, 6.45) is 1.58. The molecule has 1 aromatic rings. The van der Waals surface area contributed by atoms with Crippen LogP contribution in [0.25, 0.3) is 0 Å². The number of pyridine rings is 1. The molecule has 15 heavy (non-hydrogen) atoms. The fraction of sp³-hybridized carbons (Fsp3) is 0.400. The maximum Gasteiger partial charge on any atom is 0.339 e. The zero-order valence-electron chi connectivity index (χ0n) is 8.62. The van der Waals surface area contributed by atoms with Crippen molar-refractivity contribution >= 4 is 27.7 Å². The highest BCUT2D eigenvalue weighted by molar-refractivity contribution is 9.10. The fourth-order valence-corrected chi connectivity index (χ4v) is 1.38. The first-order valence-corrected chi connectivity index (χ1v) is 5.42. The first-order valence-electron chi connectivity index (χ1n) is 4.63. The van der Waals surface area contributed by atoms with E-state index in [4.69, 9.17) is 5.11 Å². The number of nitrogens with zero attached hydrogens (tertiary/aromatic N) is 1. The normalized spacial score (nSPS) is 10.4. The van der Waals surface area contributed by atoms with Crippen molar-refractivity contribution in [2.75, 3.05) is 11.9 Å². The Morgan fingerprint density at radius 2 is 2.33 bits per heavy atom. The van der Waals surface area contributed by atoms with Gasteiger partial charge in [-0.3, -0.25) is 0 Å². The van der Waals surface area contributed by atoms with Gasteiger partial charge in [0.1, 0.15) is 11.4 Å². The predicted octanol–water partition coefficient (Wildman–Crippen LogP) is 2.61. The van der Waals surface area contributed by atoms with Gasteiger partial charge in [0.15, 0.2) is 0 Å². The van der Waals surface area contributed by atoms with Crippen LogP contribution >= 0.6 is 15.9 Å². The number of rotatable bonds is 4. The summed E-state index contributed by atoms with van der Waals surface area (Å²) in [4.78, 5) is 15.0. The number of halogens is 1. The third-order valence-electron chi connectivity index (χ3n) is 1.76. The lowest BCUT2D eigenvalue weighted by atomic mass is 10.2. The number of carbonyl (C=O) groups is 1. The van der Waals surface area contributed by atoms with Crippen LogP contribution in [-0.4, -0.2) is 22.6 Å². The third-order valence-corrected chi connectivity index (χ3v) is 2.20. The first kappa shape index (κ1) is 12.0. The van der Waals surface area contributed by atoms with Crippen LogP contribution in [0.5, 0.6) is 0 Å². The zero-order chi connectivity index (χ0) is 11.4. The average molecular weight is 273 g/mol. The predicted molar refractivity (Wildman–Crippen MR) is 62.2 cm³/mol. The van der Waals surface area contributed by atoms with Gasteiger partial charge >= 0.3 is 5.97 Å². The summed E-state index contributed by atoms with van der Waals surface area (Å²) in [7, 11) is 0. The van der Waals surface area contributed by atoms with Crippen molar-refractivity contribution in [3.8, 4) is 0 Å². The lowest BCUT2D eigenvalue weighted by molar-refractivity contribution is 0.0697. The van der Waals surface area contributed by atoms with Crippen molar-refractivity contribution in [1.82, 2.24) is 4.98 Å². The lowest BCUT2D eigenvalue weighted by Crippen LogP contribution is -2.13. The standard InChI is InChI=1S/C10H13BrN2O2/c1-6(2)4-12-9-8(10(14)15)3-7(11)5-13-9/h3,5-6H,4H2,1-2H3,(H,12,13)(H,14,15). The molecule has 0 fully saturated rings. The molecule has 0 aliphatic heterocycles. The number of carboxylic acid groups (broad SMARTS) is 1. The largest absolute Gasteiger partial charge is 0.478 e. The Hall–Kier alpha value is -1.10. The van der Waals surface area contributed by atoms with Gasteiger partial charge in [-0.05, 0) is 27.9 Å². The van der Waals surface area contributed by atoms with E-state index in [1.54, 1.807) is 6.20 Å². The van der Waals surface area contributed by atoms with Crippen LogP contribution in [0.4, 0.5) is 5.82 Å². The molecule has 0 radical (unpaired) electrons. The topological polar surface area (TPSA) is 62.2 Å². The van der Waals surface area contributed by atoms with E-state index in [9.17, 15) is 4.79 Å². The van der Waals surface area contributed by atoms with E-state index in [-0.39, 0.29) is 5.56 Å². The lowest BCUT2D eigenvalue weighted by Gasteiger charge is -2.10. The van der Waals surface area contributed by atoms with E-state index in [0.717, 1.165) is 0 Å². The Kier molecular flexibility index (Phi) is 4.08. The van der Waals surface area contributed by atoms with Crippen molar-refractivity contribution in [3.05, 3.63) is 22.3 Å². The molecule has 0 aliphatic carbocycles. The molecular formula is C10H13BrN2O2. The summed E-state index contributed by atoms with van der Waals surface area (Å²) in [6.45, 7) is 4.80. The highest BCUT2D eigenvalue weighted by Crippen LogP contribution is 2.18. The Bertz CT molecular complexity index is 366. The van der Waals surface area contributed by atoms with Crippen LogP contribution < -0.4 is 5.32 Å².